The number of fused-ring (bicyclic) bond motifs is 2. The summed E-state index contributed by atoms with van der Waals surface area (Å²) in [7, 11) is 0. The van der Waals surface area contributed by atoms with Gasteiger partial charge in [0.25, 0.3) is 0 Å². The van der Waals surface area contributed by atoms with Crippen molar-refractivity contribution in [1.29, 1.82) is 0 Å². The van der Waals surface area contributed by atoms with E-state index in [1.807, 2.05) is 6.07 Å². The summed E-state index contributed by atoms with van der Waals surface area (Å²) in [6, 6.07) is 4.15. The summed E-state index contributed by atoms with van der Waals surface area (Å²) < 4.78 is 7.17. The van der Waals surface area contributed by atoms with Gasteiger partial charge in [-0.2, -0.15) is 0 Å². The highest BCUT2D eigenvalue weighted by Crippen LogP contribution is 2.56. The molecule has 0 N–H and O–H groups in total. The largest absolute Gasteiger partial charge is 0.354 e. The van der Waals surface area contributed by atoms with Crippen LogP contribution in [0.3, 0.4) is 0 Å². The van der Waals surface area contributed by atoms with E-state index in [9.17, 15) is 4.79 Å². The van der Waals surface area contributed by atoms with Crippen LogP contribution in [0.5, 0.6) is 0 Å². The van der Waals surface area contributed by atoms with Gasteiger partial charge in [0.2, 0.25) is 0 Å². The van der Waals surface area contributed by atoms with Gasteiger partial charge in [0.1, 0.15) is 11.7 Å². The lowest BCUT2D eigenvalue weighted by atomic mass is 9.75. The molecule has 2 unspecified atom stereocenters. The molecule has 0 amide bonds. The molecule has 2 atom stereocenters. The molecule has 1 aromatic carbocycles. The van der Waals surface area contributed by atoms with Crippen molar-refractivity contribution >= 4 is 28.4 Å². The number of rotatable bonds is 0. The van der Waals surface area contributed by atoms with Crippen LogP contribution in [0.4, 0.5) is 0 Å². The first-order valence-corrected chi connectivity index (χ1v) is 6.52. The highest BCUT2D eigenvalue weighted by molar-refractivity contribution is 14.1. The van der Waals surface area contributed by atoms with Crippen molar-refractivity contribution in [3.63, 3.8) is 0 Å². The van der Waals surface area contributed by atoms with E-state index in [1.54, 1.807) is 0 Å². The number of benzene rings is 1. The van der Waals surface area contributed by atoms with E-state index in [2.05, 4.69) is 40.8 Å². The van der Waals surface area contributed by atoms with Crippen molar-refractivity contribution < 1.29 is 9.53 Å². The molecule has 0 aromatic heterocycles. The first-order valence-electron chi connectivity index (χ1n) is 5.44. The molecule has 0 saturated heterocycles. The quantitative estimate of drug-likeness (QED) is 0.541. The number of carbonyl (C=O) groups excluding carboxylic acids is 1. The van der Waals surface area contributed by atoms with E-state index in [0.29, 0.717) is 6.42 Å². The molecule has 2 heterocycles. The van der Waals surface area contributed by atoms with Crippen LogP contribution < -0.4 is 0 Å². The maximum absolute atomic E-state index is 12.0. The van der Waals surface area contributed by atoms with Crippen molar-refractivity contribution in [1.82, 2.24) is 0 Å². The minimum atomic E-state index is -0.270. The monoisotopic (exact) mass is 324 g/mol. The predicted octanol–water partition coefficient (Wildman–Crippen LogP) is 3.10. The molecule has 0 radical (unpaired) electrons. The summed E-state index contributed by atoms with van der Waals surface area (Å²) in [5.41, 5.74) is 2.97. The van der Waals surface area contributed by atoms with E-state index >= 15 is 0 Å². The van der Waals surface area contributed by atoms with E-state index < -0.39 is 0 Å². The van der Waals surface area contributed by atoms with Gasteiger partial charge in [-0.3, -0.25) is 4.79 Å². The molecule has 1 aromatic rings. The fraction of sp³-hybridized carbons (Fsp3) is 0.308. The molecule has 2 nitrogen and oxygen atoms in total. The first kappa shape index (κ1) is 9.36. The van der Waals surface area contributed by atoms with Gasteiger partial charge in [-0.25, -0.2) is 0 Å². The number of carbonyl (C=O) groups is 1. The molecule has 3 heteroatoms. The Hall–Kier alpha value is -0.680. The van der Waals surface area contributed by atoms with Crippen LogP contribution in [0.2, 0.25) is 0 Å². The van der Waals surface area contributed by atoms with Crippen molar-refractivity contribution in [3.05, 3.63) is 44.5 Å². The summed E-state index contributed by atoms with van der Waals surface area (Å²) >= 11 is 2.27. The maximum Gasteiger partial charge on any atom is 0.163 e. The summed E-state index contributed by atoms with van der Waals surface area (Å²) in [5, 5.41) is 0. The van der Waals surface area contributed by atoms with E-state index in [0.717, 1.165) is 21.1 Å². The highest BCUT2D eigenvalue weighted by atomic mass is 127. The Morgan fingerprint density at radius 2 is 2.31 bits per heavy atom. The van der Waals surface area contributed by atoms with Gasteiger partial charge < -0.3 is 4.74 Å². The molecule has 16 heavy (non-hydrogen) atoms. The average molecular weight is 324 g/mol. The second-order valence-corrected chi connectivity index (χ2v) is 5.87. The van der Waals surface area contributed by atoms with E-state index in [1.165, 1.54) is 5.56 Å². The number of Topliss-reactive ketones (excluding diaryl/α,β-unsaturated/α-hetero) is 1. The molecule has 0 fully saturated rings. The molecule has 1 aliphatic carbocycles. The molecular weight excluding hydrogens is 315 g/mol. The van der Waals surface area contributed by atoms with Crippen LogP contribution in [-0.2, 0) is 10.3 Å². The SMILES string of the molecule is O=C1CCC23C=CC(O2)c2cc(I)cc1c23. The topological polar surface area (TPSA) is 26.3 Å². The van der Waals surface area contributed by atoms with Crippen molar-refractivity contribution in [2.75, 3.05) is 0 Å². The third-order valence-electron chi connectivity index (χ3n) is 3.76. The predicted molar refractivity (Wildman–Crippen MR) is 67.4 cm³/mol. The van der Waals surface area contributed by atoms with Gasteiger partial charge in [-0.15, -0.1) is 0 Å². The molecule has 1 spiro atoms. The van der Waals surface area contributed by atoms with Crippen molar-refractivity contribution in [2.24, 2.45) is 0 Å². The highest BCUT2D eigenvalue weighted by Gasteiger charge is 2.51. The van der Waals surface area contributed by atoms with Crippen LogP contribution in [0.25, 0.3) is 0 Å². The zero-order valence-corrected chi connectivity index (χ0v) is 10.7. The van der Waals surface area contributed by atoms with Crippen molar-refractivity contribution in [2.45, 2.75) is 24.5 Å². The van der Waals surface area contributed by atoms with Crippen LogP contribution in [0.15, 0.2) is 24.3 Å². The standard InChI is InChI=1S/C13H9IO2/c14-7-5-8-10(15)1-3-13-4-2-11(16-13)9(6-7)12(8)13/h2,4-6,11H,1,3H2. The normalized spacial score (nSPS) is 33.3. The molecule has 2 bridgehead atoms. The molecule has 4 rings (SSSR count). The molecule has 0 saturated carbocycles. The summed E-state index contributed by atoms with van der Waals surface area (Å²) in [6.07, 6.45) is 5.75. The van der Waals surface area contributed by atoms with Crippen molar-refractivity contribution in [3.8, 4) is 0 Å². The molecular formula is C13H9IO2. The fourth-order valence-electron chi connectivity index (χ4n) is 3.10. The smallest absolute Gasteiger partial charge is 0.163 e. The number of ether oxygens (including phenoxy) is 1. The van der Waals surface area contributed by atoms with Gasteiger partial charge in [0.15, 0.2) is 5.78 Å². The summed E-state index contributed by atoms with van der Waals surface area (Å²) in [6.45, 7) is 0. The minimum Gasteiger partial charge on any atom is -0.354 e. The van der Waals surface area contributed by atoms with E-state index in [4.69, 9.17) is 4.74 Å². The number of hydrogen-bond acceptors (Lipinski definition) is 2. The van der Waals surface area contributed by atoms with Gasteiger partial charge in [-0.05, 0) is 52.8 Å². The van der Waals surface area contributed by atoms with Crippen LogP contribution >= 0.6 is 22.6 Å². The van der Waals surface area contributed by atoms with Crippen LogP contribution in [0, 0.1) is 3.57 Å². The minimum absolute atomic E-state index is 0.0781. The Morgan fingerprint density at radius 3 is 3.19 bits per heavy atom. The Labute approximate surface area is 107 Å². The van der Waals surface area contributed by atoms with Crippen LogP contribution in [-0.4, -0.2) is 5.78 Å². The number of halogens is 1. The van der Waals surface area contributed by atoms with E-state index in [-0.39, 0.29) is 17.5 Å². The average Bonchev–Trinajstić information content (AvgIpc) is 2.80. The van der Waals surface area contributed by atoms with Gasteiger partial charge in [0.05, 0.1) is 0 Å². The first-order chi connectivity index (χ1) is 7.70. The Kier molecular flexibility index (Phi) is 1.62. The Bertz CT molecular complexity index is 561. The van der Waals surface area contributed by atoms with Crippen LogP contribution in [0.1, 0.15) is 40.4 Å². The summed E-state index contributed by atoms with van der Waals surface area (Å²) in [4.78, 5) is 12.0. The Morgan fingerprint density at radius 1 is 1.44 bits per heavy atom. The zero-order chi connectivity index (χ0) is 10.9. The van der Waals surface area contributed by atoms with Gasteiger partial charge >= 0.3 is 0 Å². The third kappa shape index (κ3) is 0.942. The lowest BCUT2D eigenvalue weighted by Crippen LogP contribution is -2.29. The molecule has 2 aliphatic heterocycles. The Balaban J connectivity index is 2.12. The second kappa shape index (κ2) is 2.76. The van der Waals surface area contributed by atoms with Gasteiger partial charge in [0, 0.05) is 21.1 Å². The molecule has 80 valence electrons. The molecule has 3 aliphatic rings. The fourth-order valence-corrected chi connectivity index (χ4v) is 3.75. The summed E-state index contributed by atoms with van der Waals surface area (Å²) in [5.74, 6) is 0.268. The maximum atomic E-state index is 12.0. The third-order valence-corrected chi connectivity index (χ3v) is 4.39. The van der Waals surface area contributed by atoms with Gasteiger partial charge in [-0.1, -0.05) is 6.08 Å². The number of ketones is 1. The zero-order valence-electron chi connectivity index (χ0n) is 8.50. The number of hydrogen-bond donors (Lipinski definition) is 0. The lowest BCUT2D eigenvalue weighted by molar-refractivity contribution is -0.0119. The second-order valence-electron chi connectivity index (χ2n) is 4.63. The lowest BCUT2D eigenvalue weighted by Gasteiger charge is -2.30.